The molecule has 0 radical (unpaired) electrons. The molecule has 9 nitrogen and oxygen atoms in total. The molecule has 12 heteroatoms. The second-order valence-electron chi connectivity index (χ2n) is 9.95. The third-order valence-electron chi connectivity index (χ3n) is 6.85. The van der Waals surface area contributed by atoms with Crippen molar-refractivity contribution in [2.24, 2.45) is 0 Å². The van der Waals surface area contributed by atoms with E-state index in [0.717, 1.165) is 43.9 Å². The average molecular weight is 660 g/mol. The van der Waals surface area contributed by atoms with Crippen LogP contribution in [0.3, 0.4) is 0 Å². The number of pyridine rings is 3. The molecule has 6 heterocycles. The van der Waals surface area contributed by atoms with E-state index in [-0.39, 0.29) is 5.75 Å². The molecule has 5 aromatic rings. The van der Waals surface area contributed by atoms with Gasteiger partial charge >= 0.3 is 0 Å². The van der Waals surface area contributed by atoms with E-state index >= 15 is 0 Å². The highest BCUT2D eigenvalue weighted by Gasteiger charge is 2.26. The second kappa shape index (κ2) is 14.7. The number of unbranched alkanes of at least 4 members (excludes halogenated alkanes) is 2. The first-order valence-corrected chi connectivity index (χ1v) is 17.1. The maximum Gasteiger partial charge on any atom is 0.298 e. The summed E-state index contributed by atoms with van der Waals surface area (Å²) in [5, 5.41) is 0. The van der Waals surface area contributed by atoms with Gasteiger partial charge in [-0.15, -0.1) is 34.4 Å². The van der Waals surface area contributed by atoms with Crippen LogP contribution in [0.2, 0.25) is 0 Å². The highest BCUT2D eigenvalue weighted by molar-refractivity contribution is 8.01. The molecule has 0 atom stereocenters. The molecule has 0 saturated carbocycles. The smallest absolute Gasteiger partial charge is 0.298 e. The molecule has 230 valence electrons. The van der Waals surface area contributed by atoms with Crippen molar-refractivity contribution in [3.8, 4) is 66.0 Å². The van der Waals surface area contributed by atoms with E-state index in [1.165, 1.54) is 29.7 Å². The molecule has 0 spiro atoms. The summed E-state index contributed by atoms with van der Waals surface area (Å²) in [4.78, 5) is 39.0. The standard InChI is InChI=1S/C33H29N3O6S3/c1-2-3-4-14-43-33-31-30(39-12-5-13-40-31)32(45-33)29-7-6-28(44-29)21-8-10-34-24(15-21)26-17-23(42-20-38)18-27(36-26)25-16-22(41-19-37)9-11-35-25/h6-11,15-20H,2-5,12-14H2,1H3. The summed E-state index contributed by atoms with van der Waals surface area (Å²) in [5.74, 6) is 3.38. The Morgan fingerprint density at radius 3 is 2.27 bits per heavy atom. The first kappa shape index (κ1) is 30.8. The minimum absolute atomic E-state index is 0.281. The lowest BCUT2D eigenvalue weighted by atomic mass is 10.1. The van der Waals surface area contributed by atoms with Gasteiger partial charge in [-0.3, -0.25) is 19.6 Å². The first-order valence-electron chi connectivity index (χ1n) is 14.5. The van der Waals surface area contributed by atoms with E-state index < -0.39 is 0 Å². The number of carbonyl (C=O) groups is 2. The Labute approximate surface area is 272 Å². The first-order chi connectivity index (χ1) is 22.2. The van der Waals surface area contributed by atoms with Crippen LogP contribution in [-0.2, 0) is 9.59 Å². The Balaban J connectivity index is 1.32. The predicted molar refractivity (Wildman–Crippen MR) is 177 cm³/mol. The SMILES string of the molecule is CCCCCSc1sc(-c2ccc(-c3ccnc(-c4cc(OC=O)cc(-c5cc(OC=O)ccn5)n4)c3)s2)c2c1OCCCO2. The maximum atomic E-state index is 11.2. The van der Waals surface area contributed by atoms with Gasteiger partial charge in [0.05, 0.1) is 40.9 Å². The Morgan fingerprint density at radius 1 is 0.800 bits per heavy atom. The van der Waals surface area contributed by atoms with E-state index in [4.69, 9.17) is 23.9 Å². The van der Waals surface area contributed by atoms with Crippen molar-refractivity contribution < 1.29 is 28.5 Å². The zero-order valence-corrected chi connectivity index (χ0v) is 26.8. The van der Waals surface area contributed by atoms with Crippen molar-refractivity contribution in [2.45, 2.75) is 36.8 Å². The molecule has 0 unspecified atom stereocenters. The number of carbonyl (C=O) groups excluding carboxylic acids is 2. The minimum Gasteiger partial charge on any atom is -0.488 e. The van der Waals surface area contributed by atoms with Gasteiger partial charge < -0.3 is 18.9 Å². The Hall–Kier alpha value is -4.26. The van der Waals surface area contributed by atoms with Crippen LogP contribution in [0.25, 0.3) is 43.0 Å². The molecule has 0 N–H and O–H groups in total. The summed E-state index contributed by atoms with van der Waals surface area (Å²) in [6.07, 6.45) is 7.69. The van der Waals surface area contributed by atoms with Gasteiger partial charge in [-0.05, 0) is 48.1 Å². The van der Waals surface area contributed by atoms with Gasteiger partial charge in [0, 0.05) is 46.8 Å². The van der Waals surface area contributed by atoms with E-state index in [1.807, 2.05) is 23.9 Å². The fourth-order valence-corrected chi connectivity index (χ4v) is 8.31. The molecule has 0 aliphatic carbocycles. The average Bonchev–Trinajstić information content (AvgIpc) is 3.61. The van der Waals surface area contributed by atoms with Crippen LogP contribution in [0.1, 0.15) is 32.6 Å². The van der Waals surface area contributed by atoms with Crippen LogP contribution < -0.4 is 18.9 Å². The molecule has 1 aliphatic rings. The molecule has 6 rings (SSSR count). The second-order valence-corrected chi connectivity index (χ2v) is 13.4. The number of nitrogens with zero attached hydrogens (tertiary/aromatic N) is 3. The van der Waals surface area contributed by atoms with Crippen LogP contribution in [0.5, 0.6) is 23.0 Å². The lowest BCUT2D eigenvalue weighted by molar-refractivity contribution is -0.121. The Morgan fingerprint density at radius 2 is 1.49 bits per heavy atom. The molecule has 5 aromatic heterocycles. The van der Waals surface area contributed by atoms with Crippen molar-refractivity contribution in [1.29, 1.82) is 0 Å². The Bertz CT molecular complexity index is 1800. The highest BCUT2D eigenvalue weighted by atomic mass is 32.2. The van der Waals surface area contributed by atoms with E-state index in [2.05, 4.69) is 29.0 Å². The minimum atomic E-state index is 0.281. The van der Waals surface area contributed by atoms with Crippen LogP contribution in [0.4, 0.5) is 0 Å². The predicted octanol–water partition coefficient (Wildman–Crippen LogP) is 8.18. The Kier molecular flexibility index (Phi) is 10.0. The number of hydrogen-bond donors (Lipinski definition) is 0. The van der Waals surface area contributed by atoms with Gasteiger partial charge in [0.15, 0.2) is 11.5 Å². The lowest BCUT2D eigenvalue weighted by Crippen LogP contribution is -1.98. The number of fused-ring (bicyclic) bond motifs is 1. The molecule has 0 saturated heterocycles. The van der Waals surface area contributed by atoms with Crippen molar-refractivity contribution in [1.82, 2.24) is 15.0 Å². The van der Waals surface area contributed by atoms with Gasteiger partial charge in [-0.1, -0.05) is 19.8 Å². The number of aromatic nitrogens is 3. The van der Waals surface area contributed by atoms with Crippen molar-refractivity contribution >= 4 is 47.4 Å². The maximum absolute atomic E-state index is 11.2. The highest BCUT2D eigenvalue weighted by Crippen LogP contribution is 2.54. The van der Waals surface area contributed by atoms with Crippen molar-refractivity contribution in [3.05, 3.63) is 60.9 Å². The number of rotatable bonds is 13. The molecule has 1 aliphatic heterocycles. The van der Waals surface area contributed by atoms with Crippen molar-refractivity contribution in [2.75, 3.05) is 19.0 Å². The van der Waals surface area contributed by atoms with Crippen LogP contribution in [0.15, 0.2) is 65.1 Å². The normalized spacial score (nSPS) is 12.4. The van der Waals surface area contributed by atoms with Gasteiger partial charge in [0.25, 0.3) is 12.9 Å². The fourth-order valence-electron chi connectivity index (χ4n) is 4.73. The lowest BCUT2D eigenvalue weighted by Gasteiger charge is -2.09. The summed E-state index contributed by atoms with van der Waals surface area (Å²) in [5.41, 5.74) is 2.92. The molecule has 0 bridgehead atoms. The third kappa shape index (κ3) is 7.19. The van der Waals surface area contributed by atoms with Crippen molar-refractivity contribution in [3.63, 3.8) is 0 Å². The molecule has 0 fully saturated rings. The molecule has 0 amide bonds. The zero-order valence-electron chi connectivity index (χ0n) is 24.4. The van der Waals surface area contributed by atoms with E-state index in [9.17, 15) is 9.59 Å². The summed E-state index contributed by atoms with van der Waals surface area (Å²) >= 11 is 5.27. The molecule has 0 aromatic carbocycles. The molecule has 45 heavy (non-hydrogen) atoms. The number of thiophene rings is 2. The summed E-state index contributed by atoms with van der Waals surface area (Å²) in [6.45, 7) is 4.21. The number of hydrogen-bond acceptors (Lipinski definition) is 12. The summed E-state index contributed by atoms with van der Waals surface area (Å²) in [7, 11) is 0. The number of ether oxygens (including phenoxy) is 4. The van der Waals surface area contributed by atoms with Gasteiger partial charge in [-0.2, -0.15) is 0 Å². The summed E-state index contributed by atoms with van der Waals surface area (Å²) < 4.78 is 23.7. The quantitative estimate of drug-likeness (QED) is 0.0697. The van der Waals surface area contributed by atoms with Crippen LogP contribution in [0, 0.1) is 0 Å². The van der Waals surface area contributed by atoms with Crippen LogP contribution in [-0.4, -0.2) is 46.9 Å². The number of thioether (sulfide) groups is 1. The van der Waals surface area contributed by atoms with Gasteiger partial charge in [0.1, 0.15) is 15.7 Å². The zero-order chi connectivity index (χ0) is 31.0. The van der Waals surface area contributed by atoms with Gasteiger partial charge in [-0.25, -0.2) is 4.98 Å². The topological polar surface area (TPSA) is 110 Å². The third-order valence-corrected chi connectivity index (χ3v) is 10.7. The summed E-state index contributed by atoms with van der Waals surface area (Å²) in [6, 6.07) is 14.5. The van der Waals surface area contributed by atoms with Gasteiger partial charge in [0.2, 0.25) is 0 Å². The monoisotopic (exact) mass is 659 g/mol. The molecular weight excluding hydrogens is 631 g/mol. The fraction of sp³-hybridized carbons (Fsp3) is 0.242. The largest absolute Gasteiger partial charge is 0.488 e. The van der Waals surface area contributed by atoms with E-state index in [0.29, 0.717) is 54.7 Å². The van der Waals surface area contributed by atoms with Crippen LogP contribution >= 0.6 is 34.4 Å². The molecular formula is C33H29N3O6S3. The van der Waals surface area contributed by atoms with E-state index in [1.54, 1.807) is 53.1 Å².